The van der Waals surface area contributed by atoms with E-state index in [2.05, 4.69) is 0 Å². The van der Waals surface area contributed by atoms with Crippen molar-refractivity contribution in [1.82, 2.24) is 0 Å². The van der Waals surface area contributed by atoms with Gasteiger partial charge >= 0.3 is 0 Å². The maximum absolute atomic E-state index is 12.7. The third-order valence-electron chi connectivity index (χ3n) is 3.81. The Hall–Kier alpha value is -1.32. The minimum absolute atomic E-state index is 0.111. The highest BCUT2D eigenvalue weighted by Crippen LogP contribution is 2.48. The monoisotopic (exact) mass is 306 g/mol. The standard InChI is InChI=1S/C16H15ClO2S/c1-11-7-8-13(17)9-15(11)20(18,19)16-10-14(16)12-5-3-2-4-6-12/h2-9,14,16H,10H2,1H3/t14-,16-/m0/s1. The maximum atomic E-state index is 12.7. The van der Waals surface area contributed by atoms with Crippen molar-refractivity contribution in [2.24, 2.45) is 0 Å². The lowest BCUT2D eigenvalue weighted by atomic mass is 10.1. The number of sulfone groups is 1. The van der Waals surface area contributed by atoms with Crippen molar-refractivity contribution in [2.45, 2.75) is 29.4 Å². The van der Waals surface area contributed by atoms with Gasteiger partial charge in [0, 0.05) is 10.9 Å². The van der Waals surface area contributed by atoms with Gasteiger partial charge in [-0.25, -0.2) is 8.42 Å². The van der Waals surface area contributed by atoms with Gasteiger partial charge in [0.25, 0.3) is 0 Å². The molecule has 0 saturated heterocycles. The van der Waals surface area contributed by atoms with Crippen LogP contribution >= 0.6 is 11.6 Å². The van der Waals surface area contributed by atoms with Crippen LogP contribution < -0.4 is 0 Å². The SMILES string of the molecule is Cc1ccc(Cl)cc1S(=O)(=O)[C@H]1C[C@H]1c1ccccc1. The second-order valence-electron chi connectivity index (χ2n) is 5.25. The fourth-order valence-corrected chi connectivity index (χ4v) is 5.03. The van der Waals surface area contributed by atoms with E-state index in [-0.39, 0.29) is 11.2 Å². The quantitative estimate of drug-likeness (QED) is 0.859. The van der Waals surface area contributed by atoms with E-state index < -0.39 is 9.84 Å². The summed E-state index contributed by atoms with van der Waals surface area (Å²) in [5.74, 6) is 0.111. The Bertz CT molecular complexity index is 738. The topological polar surface area (TPSA) is 34.1 Å². The van der Waals surface area contributed by atoms with Gasteiger partial charge in [0.15, 0.2) is 9.84 Å². The van der Waals surface area contributed by atoms with Crippen LogP contribution in [0.3, 0.4) is 0 Å². The molecule has 2 aromatic carbocycles. The Morgan fingerprint density at radius 3 is 2.50 bits per heavy atom. The second-order valence-corrected chi connectivity index (χ2v) is 7.82. The summed E-state index contributed by atoms with van der Waals surface area (Å²) in [6.07, 6.45) is 0.693. The number of hydrogen-bond donors (Lipinski definition) is 0. The molecule has 1 fully saturated rings. The molecule has 3 rings (SSSR count). The van der Waals surface area contributed by atoms with E-state index in [0.717, 1.165) is 11.1 Å². The van der Waals surface area contributed by atoms with Crippen LogP contribution in [0.25, 0.3) is 0 Å². The van der Waals surface area contributed by atoms with Crippen molar-refractivity contribution in [3.8, 4) is 0 Å². The van der Waals surface area contributed by atoms with E-state index in [0.29, 0.717) is 16.3 Å². The van der Waals surface area contributed by atoms with Crippen molar-refractivity contribution in [1.29, 1.82) is 0 Å². The predicted molar refractivity (Wildman–Crippen MR) is 81.0 cm³/mol. The summed E-state index contributed by atoms with van der Waals surface area (Å²) in [6, 6.07) is 14.9. The van der Waals surface area contributed by atoms with Gasteiger partial charge in [-0.2, -0.15) is 0 Å². The Morgan fingerprint density at radius 2 is 1.80 bits per heavy atom. The fourth-order valence-electron chi connectivity index (χ4n) is 2.61. The van der Waals surface area contributed by atoms with Crippen LogP contribution in [0.2, 0.25) is 5.02 Å². The molecule has 1 aliphatic carbocycles. The smallest absolute Gasteiger partial charge is 0.182 e. The number of hydrogen-bond acceptors (Lipinski definition) is 2. The molecule has 0 spiro atoms. The molecule has 4 heteroatoms. The average molecular weight is 307 g/mol. The van der Waals surface area contributed by atoms with Crippen molar-refractivity contribution >= 4 is 21.4 Å². The zero-order valence-corrected chi connectivity index (χ0v) is 12.7. The number of aryl methyl sites for hydroxylation is 1. The summed E-state index contributed by atoms with van der Waals surface area (Å²) >= 11 is 5.94. The van der Waals surface area contributed by atoms with E-state index in [9.17, 15) is 8.42 Å². The number of rotatable bonds is 3. The molecule has 2 nitrogen and oxygen atoms in total. The third kappa shape index (κ3) is 2.36. The molecule has 0 radical (unpaired) electrons. The molecule has 0 N–H and O–H groups in total. The first-order valence-corrected chi connectivity index (χ1v) is 8.47. The lowest BCUT2D eigenvalue weighted by Crippen LogP contribution is -2.10. The van der Waals surface area contributed by atoms with Crippen LogP contribution in [0.15, 0.2) is 53.4 Å². The highest BCUT2D eigenvalue weighted by atomic mass is 35.5. The fraction of sp³-hybridized carbons (Fsp3) is 0.250. The highest BCUT2D eigenvalue weighted by Gasteiger charge is 2.48. The molecule has 0 aliphatic heterocycles. The van der Waals surface area contributed by atoms with Crippen molar-refractivity contribution in [3.05, 3.63) is 64.7 Å². The molecule has 1 aliphatic rings. The van der Waals surface area contributed by atoms with Crippen LogP contribution in [0.4, 0.5) is 0 Å². The maximum Gasteiger partial charge on any atom is 0.182 e. The Morgan fingerprint density at radius 1 is 1.10 bits per heavy atom. The second kappa shape index (κ2) is 4.90. The Balaban J connectivity index is 1.93. The van der Waals surface area contributed by atoms with Crippen molar-refractivity contribution in [3.63, 3.8) is 0 Å². The molecular formula is C16H15ClO2S. The normalized spacial score (nSPS) is 21.7. The number of halogens is 1. The van der Waals surface area contributed by atoms with E-state index in [4.69, 9.17) is 11.6 Å². The molecule has 2 atom stereocenters. The zero-order valence-electron chi connectivity index (χ0n) is 11.1. The third-order valence-corrected chi connectivity index (χ3v) is 6.42. The molecule has 104 valence electrons. The predicted octanol–water partition coefficient (Wildman–Crippen LogP) is 3.98. The average Bonchev–Trinajstić information content (AvgIpc) is 3.23. The molecule has 1 saturated carbocycles. The summed E-state index contributed by atoms with van der Waals surface area (Å²) < 4.78 is 25.4. The molecule has 0 unspecified atom stereocenters. The van der Waals surface area contributed by atoms with Gasteiger partial charge in [-0.1, -0.05) is 48.0 Å². The molecule has 20 heavy (non-hydrogen) atoms. The van der Waals surface area contributed by atoms with Crippen LogP contribution in [0.1, 0.15) is 23.5 Å². The molecule has 0 amide bonds. The van der Waals surface area contributed by atoms with E-state index in [1.165, 1.54) is 0 Å². The lowest BCUT2D eigenvalue weighted by molar-refractivity contribution is 0.593. The Kier molecular flexibility index (Phi) is 3.35. The highest BCUT2D eigenvalue weighted by molar-refractivity contribution is 7.92. The minimum Gasteiger partial charge on any atom is -0.223 e. The zero-order chi connectivity index (χ0) is 14.3. The van der Waals surface area contributed by atoms with Gasteiger partial charge < -0.3 is 0 Å². The van der Waals surface area contributed by atoms with Crippen LogP contribution in [-0.4, -0.2) is 13.7 Å². The first-order chi connectivity index (χ1) is 9.50. The largest absolute Gasteiger partial charge is 0.223 e. The Labute approximate surface area is 124 Å². The van der Waals surface area contributed by atoms with Gasteiger partial charge in [-0.15, -0.1) is 0 Å². The summed E-state index contributed by atoms with van der Waals surface area (Å²) in [4.78, 5) is 0.369. The van der Waals surface area contributed by atoms with Crippen LogP contribution in [-0.2, 0) is 9.84 Å². The molecule has 0 heterocycles. The summed E-state index contributed by atoms with van der Waals surface area (Å²) in [7, 11) is -3.30. The van der Waals surface area contributed by atoms with Gasteiger partial charge in [-0.3, -0.25) is 0 Å². The summed E-state index contributed by atoms with van der Waals surface area (Å²) in [5.41, 5.74) is 1.86. The van der Waals surface area contributed by atoms with Gasteiger partial charge in [-0.05, 0) is 36.6 Å². The summed E-state index contributed by atoms with van der Waals surface area (Å²) in [6.45, 7) is 1.81. The molecule has 2 aromatic rings. The van der Waals surface area contributed by atoms with Crippen LogP contribution in [0.5, 0.6) is 0 Å². The van der Waals surface area contributed by atoms with E-state index in [1.54, 1.807) is 18.2 Å². The molecule has 0 bridgehead atoms. The van der Waals surface area contributed by atoms with Crippen molar-refractivity contribution < 1.29 is 8.42 Å². The van der Waals surface area contributed by atoms with Gasteiger partial charge in [0.1, 0.15) is 0 Å². The summed E-state index contributed by atoms with van der Waals surface area (Å²) in [5, 5.41) is 0.146. The van der Waals surface area contributed by atoms with E-state index >= 15 is 0 Å². The molecule has 0 aromatic heterocycles. The van der Waals surface area contributed by atoms with Crippen LogP contribution in [0, 0.1) is 6.92 Å². The minimum atomic E-state index is -3.30. The van der Waals surface area contributed by atoms with Gasteiger partial charge in [0.2, 0.25) is 0 Å². The van der Waals surface area contributed by atoms with Crippen molar-refractivity contribution in [2.75, 3.05) is 0 Å². The van der Waals surface area contributed by atoms with Gasteiger partial charge in [0.05, 0.1) is 10.1 Å². The number of benzene rings is 2. The molecular weight excluding hydrogens is 292 g/mol. The lowest BCUT2D eigenvalue weighted by Gasteiger charge is -2.08. The first-order valence-electron chi connectivity index (χ1n) is 6.55. The first kappa shape index (κ1) is 13.7. The van der Waals surface area contributed by atoms with E-state index in [1.807, 2.05) is 37.3 Å².